The van der Waals surface area contributed by atoms with Crippen molar-refractivity contribution in [3.8, 4) is 0 Å². The van der Waals surface area contributed by atoms with Gasteiger partial charge in [0.05, 0.1) is 18.2 Å². The monoisotopic (exact) mass is 264 g/mol. The highest BCUT2D eigenvalue weighted by molar-refractivity contribution is 5.78. The Kier molecular flexibility index (Phi) is 5.03. The lowest BCUT2D eigenvalue weighted by molar-refractivity contribution is -0.139. The summed E-state index contributed by atoms with van der Waals surface area (Å²) in [5.41, 5.74) is 0.228. The summed E-state index contributed by atoms with van der Waals surface area (Å²) in [6.07, 6.45) is 1.82. The second kappa shape index (κ2) is 6.31. The highest BCUT2D eigenvalue weighted by atomic mass is 16.4. The molecule has 0 aliphatic heterocycles. The minimum Gasteiger partial charge on any atom is -0.481 e. The maximum Gasteiger partial charge on any atom is 0.303 e. The fraction of sp³-hybridized carbons (Fsp3) is 0.500. The Balaban J connectivity index is 2.54. The molecule has 2 N–H and O–H groups in total. The molecule has 1 heterocycles. The molecule has 0 aliphatic carbocycles. The van der Waals surface area contributed by atoms with Crippen LogP contribution in [0.15, 0.2) is 24.4 Å². The topological polar surface area (TPSA) is 79.3 Å². The molecule has 0 saturated heterocycles. The molecule has 0 spiro atoms. The molecule has 0 aromatic carbocycles. The van der Waals surface area contributed by atoms with Gasteiger partial charge in [0.2, 0.25) is 5.91 Å². The lowest BCUT2D eigenvalue weighted by atomic mass is 9.85. The van der Waals surface area contributed by atoms with Gasteiger partial charge >= 0.3 is 5.97 Å². The molecule has 0 saturated carbocycles. The van der Waals surface area contributed by atoms with Crippen molar-refractivity contribution in [3.05, 3.63) is 30.1 Å². The summed E-state index contributed by atoms with van der Waals surface area (Å²) in [5, 5.41) is 11.6. The number of nitrogens with one attached hydrogen (secondary N) is 1. The van der Waals surface area contributed by atoms with E-state index in [1.807, 2.05) is 25.1 Å². The zero-order valence-corrected chi connectivity index (χ0v) is 11.5. The van der Waals surface area contributed by atoms with Crippen molar-refractivity contribution in [1.82, 2.24) is 10.3 Å². The van der Waals surface area contributed by atoms with Gasteiger partial charge in [-0.2, -0.15) is 0 Å². The first-order valence-electron chi connectivity index (χ1n) is 6.22. The number of carbonyl (C=O) groups excluding carboxylic acids is 1. The van der Waals surface area contributed by atoms with Gasteiger partial charge in [-0.3, -0.25) is 14.6 Å². The molecular formula is C14H20N2O3. The van der Waals surface area contributed by atoms with Crippen molar-refractivity contribution in [1.29, 1.82) is 0 Å². The van der Waals surface area contributed by atoms with E-state index in [1.54, 1.807) is 20.0 Å². The molecule has 5 nitrogen and oxygen atoms in total. The summed E-state index contributed by atoms with van der Waals surface area (Å²) in [5.74, 6) is -1.06. The van der Waals surface area contributed by atoms with Crippen LogP contribution < -0.4 is 5.32 Å². The van der Waals surface area contributed by atoms with E-state index in [4.69, 9.17) is 5.11 Å². The van der Waals surface area contributed by atoms with E-state index < -0.39 is 11.4 Å². The summed E-state index contributed by atoms with van der Waals surface area (Å²) < 4.78 is 0. The van der Waals surface area contributed by atoms with Crippen LogP contribution in [0.4, 0.5) is 0 Å². The third-order valence-corrected chi connectivity index (χ3v) is 2.78. The first kappa shape index (κ1) is 15.1. The quantitative estimate of drug-likeness (QED) is 0.825. The Hall–Kier alpha value is -1.91. The summed E-state index contributed by atoms with van der Waals surface area (Å²) >= 11 is 0. The van der Waals surface area contributed by atoms with E-state index in [0.29, 0.717) is 0 Å². The molecule has 0 radical (unpaired) electrons. The summed E-state index contributed by atoms with van der Waals surface area (Å²) in [6, 6.07) is 5.33. The van der Waals surface area contributed by atoms with Crippen LogP contribution in [0.1, 0.15) is 45.3 Å². The van der Waals surface area contributed by atoms with Crippen LogP contribution in [0, 0.1) is 5.41 Å². The molecule has 1 aromatic heterocycles. The molecule has 104 valence electrons. The highest BCUT2D eigenvalue weighted by Gasteiger charge is 2.25. The van der Waals surface area contributed by atoms with Gasteiger partial charge in [0.15, 0.2) is 0 Å². The minimum absolute atomic E-state index is 0.0294. The number of pyridine rings is 1. The maximum absolute atomic E-state index is 11.9. The van der Waals surface area contributed by atoms with Crippen molar-refractivity contribution in [2.24, 2.45) is 5.41 Å². The highest BCUT2D eigenvalue weighted by Crippen LogP contribution is 2.25. The van der Waals surface area contributed by atoms with Crippen LogP contribution in [0.25, 0.3) is 0 Å². The van der Waals surface area contributed by atoms with E-state index in [9.17, 15) is 9.59 Å². The minimum atomic E-state index is -0.893. The lowest BCUT2D eigenvalue weighted by Crippen LogP contribution is -2.32. The van der Waals surface area contributed by atoms with Crippen molar-refractivity contribution >= 4 is 11.9 Å². The SMILES string of the molecule is CC(NC(=O)CC(C)(C)CC(=O)O)c1ccccn1. The molecule has 0 aliphatic rings. The predicted octanol–water partition coefficient (Wildman–Crippen LogP) is 2.15. The number of hydrogen-bond acceptors (Lipinski definition) is 3. The number of nitrogens with zero attached hydrogens (tertiary/aromatic N) is 1. The Bertz CT molecular complexity index is 443. The van der Waals surface area contributed by atoms with Gasteiger partial charge in [-0.05, 0) is 24.5 Å². The average Bonchev–Trinajstić information content (AvgIpc) is 2.27. The van der Waals surface area contributed by atoms with Gasteiger partial charge in [-0.15, -0.1) is 0 Å². The average molecular weight is 264 g/mol. The van der Waals surface area contributed by atoms with Crippen molar-refractivity contribution in [3.63, 3.8) is 0 Å². The van der Waals surface area contributed by atoms with Gasteiger partial charge in [-0.1, -0.05) is 19.9 Å². The number of hydrogen-bond donors (Lipinski definition) is 2. The van der Waals surface area contributed by atoms with E-state index in [-0.39, 0.29) is 24.8 Å². The summed E-state index contributed by atoms with van der Waals surface area (Å²) in [6.45, 7) is 5.39. The number of carboxylic acid groups (broad SMARTS) is 1. The first-order chi connectivity index (χ1) is 8.80. The zero-order valence-electron chi connectivity index (χ0n) is 11.5. The van der Waals surface area contributed by atoms with Gasteiger partial charge in [-0.25, -0.2) is 0 Å². The molecule has 5 heteroatoms. The van der Waals surface area contributed by atoms with Crippen LogP contribution in [0.2, 0.25) is 0 Å². The van der Waals surface area contributed by atoms with Crippen LogP contribution in [0.5, 0.6) is 0 Å². The lowest BCUT2D eigenvalue weighted by Gasteiger charge is -2.23. The molecule has 19 heavy (non-hydrogen) atoms. The third-order valence-electron chi connectivity index (χ3n) is 2.78. The van der Waals surface area contributed by atoms with Crippen LogP contribution in [-0.4, -0.2) is 22.0 Å². The zero-order chi connectivity index (χ0) is 14.5. The Labute approximate surface area is 113 Å². The van der Waals surface area contributed by atoms with E-state index in [2.05, 4.69) is 10.3 Å². The summed E-state index contributed by atoms with van der Waals surface area (Å²) in [4.78, 5) is 26.8. The molecule has 1 atom stereocenters. The second-order valence-corrected chi connectivity index (χ2v) is 5.46. The molecular weight excluding hydrogens is 244 g/mol. The number of aromatic nitrogens is 1. The van der Waals surface area contributed by atoms with Crippen molar-refractivity contribution < 1.29 is 14.7 Å². The van der Waals surface area contributed by atoms with Crippen molar-refractivity contribution in [2.45, 2.75) is 39.7 Å². The Morgan fingerprint density at radius 3 is 2.58 bits per heavy atom. The fourth-order valence-electron chi connectivity index (χ4n) is 1.91. The molecule has 1 unspecified atom stereocenters. The maximum atomic E-state index is 11.9. The largest absolute Gasteiger partial charge is 0.481 e. The smallest absolute Gasteiger partial charge is 0.303 e. The standard InChI is InChI=1S/C14H20N2O3/c1-10(11-6-4-5-7-15-11)16-12(17)8-14(2,3)9-13(18)19/h4-7,10H,8-9H2,1-3H3,(H,16,17)(H,18,19). The van der Waals surface area contributed by atoms with Gasteiger partial charge < -0.3 is 10.4 Å². The molecule has 0 bridgehead atoms. The van der Waals surface area contributed by atoms with Crippen LogP contribution in [0.3, 0.4) is 0 Å². The molecule has 1 rings (SSSR count). The number of aliphatic carboxylic acids is 1. The van der Waals surface area contributed by atoms with Gasteiger partial charge in [0.25, 0.3) is 0 Å². The van der Waals surface area contributed by atoms with Gasteiger partial charge in [0.1, 0.15) is 0 Å². The molecule has 1 aromatic rings. The Morgan fingerprint density at radius 1 is 1.37 bits per heavy atom. The van der Waals surface area contributed by atoms with E-state index in [1.165, 1.54) is 0 Å². The van der Waals surface area contributed by atoms with E-state index >= 15 is 0 Å². The number of amides is 1. The molecule has 1 amide bonds. The van der Waals surface area contributed by atoms with Crippen LogP contribution >= 0.6 is 0 Å². The molecule has 0 fully saturated rings. The first-order valence-corrected chi connectivity index (χ1v) is 6.22. The van der Waals surface area contributed by atoms with E-state index in [0.717, 1.165) is 5.69 Å². The number of carbonyl (C=O) groups is 2. The number of carboxylic acids is 1. The summed E-state index contributed by atoms with van der Waals surface area (Å²) in [7, 11) is 0. The number of rotatable bonds is 6. The van der Waals surface area contributed by atoms with Gasteiger partial charge in [0, 0.05) is 12.6 Å². The third kappa shape index (κ3) is 5.50. The normalized spacial score (nSPS) is 12.8. The second-order valence-electron chi connectivity index (χ2n) is 5.46. The van der Waals surface area contributed by atoms with Crippen LogP contribution in [-0.2, 0) is 9.59 Å². The Morgan fingerprint density at radius 2 is 2.05 bits per heavy atom. The predicted molar refractivity (Wildman–Crippen MR) is 71.4 cm³/mol. The fourth-order valence-corrected chi connectivity index (χ4v) is 1.91. The van der Waals surface area contributed by atoms with Crippen molar-refractivity contribution in [2.75, 3.05) is 0 Å².